The molecule has 3 heteroatoms. The lowest BCUT2D eigenvalue weighted by Gasteiger charge is -1.76. The molecule has 1 heterocycles. The van der Waals surface area contributed by atoms with Gasteiger partial charge in [-0.05, 0) is 0 Å². The van der Waals surface area contributed by atoms with Gasteiger partial charge in [0, 0.05) is 25.3 Å². The summed E-state index contributed by atoms with van der Waals surface area (Å²) >= 11 is 5.00. The standard InChI is InChI=1S/C4H6N2.C2H5Cl/c1-6-3-2-5-4-6;1-2-3/h2-4H,1H3;2H2,1H3. The Bertz CT molecular complexity index is 126. The van der Waals surface area contributed by atoms with E-state index in [0.717, 1.165) is 5.88 Å². The summed E-state index contributed by atoms with van der Waals surface area (Å²) in [7, 11) is 1.94. The first kappa shape index (κ1) is 8.50. The Morgan fingerprint density at radius 3 is 2.33 bits per heavy atom. The van der Waals surface area contributed by atoms with Gasteiger partial charge in [0.15, 0.2) is 0 Å². The molecule has 0 aliphatic rings. The van der Waals surface area contributed by atoms with Gasteiger partial charge in [-0.25, -0.2) is 4.98 Å². The van der Waals surface area contributed by atoms with Crippen LogP contribution in [0.1, 0.15) is 6.92 Å². The molecule has 9 heavy (non-hydrogen) atoms. The molecule has 0 aliphatic carbocycles. The van der Waals surface area contributed by atoms with Gasteiger partial charge in [0.2, 0.25) is 0 Å². The maximum Gasteiger partial charge on any atom is 0.0943 e. The molecule has 0 saturated heterocycles. The number of rotatable bonds is 0. The largest absolute Gasteiger partial charge is 0.341 e. The zero-order valence-electron chi connectivity index (χ0n) is 5.71. The fraction of sp³-hybridized carbons (Fsp3) is 0.500. The van der Waals surface area contributed by atoms with Crippen molar-refractivity contribution in [3.63, 3.8) is 0 Å². The number of hydrogen-bond acceptors (Lipinski definition) is 1. The molecule has 0 aliphatic heterocycles. The Morgan fingerprint density at radius 1 is 1.67 bits per heavy atom. The van der Waals surface area contributed by atoms with Gasteiger partial charge in [-0.1, -0.05) is 6.92 Å². The Hall–Kier alpha value is -0.500. The summed E-state index contributed by atoms with van der Waals surface area (Å²) in [6, 6.07) is 0. The van der Waals surface area contributed by atoms with E-state index in [2.05, 4.69) is 4.98 Å². The molecule has 0 saturated carbocycles. The third-order valence-corrected chi connectivity index (χ3v) is 0.637. The summed E-state index contributed by atoms with van der Waals surface area (Å²) in [4.78, 5) is 3.78. The lowest BCUT2D eigenvalue weighted by molar-refractivity contribution is 0.913. The molecular formula is C6H11ClN2. The van der Waals surface area contributed by atoms with Crippen LogP contribution in [0, 0.1) is 0 Å². The lowest BCUT2D eigenvalue weighted by Crippen LogP contribution is -1.76. The van der Waals surface area contributed by atoms with Crippen molar-refractivity contribution in [1.29, 1.82) is 0 Å². The Kier molecular flexibility index (Phi) is 5.32. The highest BCUT2D eigenvalue weighted by Gasteiger charge is 1.69. The minimum absolute atomic E-state index is 0.722. The monoisotopic (exact) mass is 146 g/mol. The number of aryl methyl sites for hydroxylation is 1. The second kappa shape index (κ2) is 5.63. The van der Waals surface area contributed by atoms with Crippen molar-refractivity contribution in [2.75, 3.05) is 5.88 Å². The van der Waals surface area contributed by atoms with Crippen LogP contribution in [0.25, 0.3) is 0 Å². The van der Waals surface area contributed by atoms with Gasteiger partial charge in [-0.3, -0.25) is 0 Å². The Labute approximate surface area is 60.5 Å². The molecule has 1 aromatic heterocycles. The number of alkyl halides is 1. The predicted molar refractivity (Wildman–Crippen MR) is 39.6 cm³/mol. The van der Waals surface area contributed by atoms with Crippen molar-refractivity contribution >= 4 is 11.6 Å². The van der Waals surface area contributed by atoms with E-state index >= 15 is 0 Å². The molecule has 0 atom stereocenters. The third kappa shape index (κ3) is 5.37. The van der Waals surface area contributed by atoms with Crippen LogP contribution in [0.5, 0.6) is 0 Å². The molecule has 1 rings (SSSR count). The molecular weight excluding hydrogens is 136 g/mol. The predicted octanol–water partition coefficient (Wildman–Crippen LogP) is 1.67. The number of halogens is 1. The van der Waals surface area contributed by atoms with Crippen LogP contribution in [-0.4, -0.2) is 15.4 Å². The molecule has 2 nitrogen and oxygen atoms in total. The van der Waals surface area contributed by atoms with E-state index in [1.54, 1.807) is 12.5 Å². The first-order valence-corrected chi connectivity index (χ1v) is 3.32. The summed E-state index contributed by atoms with van der Waals surface area (Å²) in [6.07, 6.45) is 5.39. The van der Waals surface area contributed by atoms with Gasteiger partial charge in [0.25, 0.3) is 0 Å². The zero-order valence-corrected chi connectivity index (χ0v) is 6.47. The van der Waals surface area contributed by atoms with E-state index in [1.165, 1.54) is 0 Å². The highest BCUT2D eigenvalue weighted by molar-refractivity contribution is 6.17. The summed E-state index contributed by atoms with van der Waals surface area (Å²) in [5, 5.41) is 0. The van der Waals surface area contributed by atoms with Gasteiger partial charge < -0.3 is 4.57 Å². The second-order valence-electron chi connectivity index (χ2n) is 1.50. The van der Waals surface area contributed by atoms with Gasteiger partial charge in [0.05, 0.1) is 6.33 Å². The fourth-order valence-electron chi connectivity index (χ4n) is 0.326. The summed E-state index contributed by atoms with van der Waals surface area (Å²) in [6.45, 7) is 1.89. The van der Waals surface area contributed by atoms with Crippen LogP contribution in [0.4, 0.5) is 0 Å². The maximum absolute atomic E-state index is 5.00. The van der Waals surface area contributed by atoms with Crippen molar-refractivity contribution in [3.8, 4) is 0 Å². The highest BCUT2D eigenvalue weighted by atomic mass is 35.5. The minimum Gasteiger partial charge on any atom is -0.341 e. The topological polar surface area (TPSA) is 17.8 Å². The molecule has 0 radical (unpaired) electrons. The van der Waals surface area contributed by atoms with Gasteiger partial charge in [-0.15, -0.1) is 11.6 Å². The quantitative estimate of drug-likeness (QED) is 0.509. The van der Waals surface area contributed by atoms with E-state index in [4.69, 9.17) is 11.6 Å². The molecule has 0 unspecified atom stereocenters. The van der Waals surface area contributed by atoms with E-state index < -0.39 is 0 Å². The van der Waals surface area contributed by atoms with Crippen molar-refractivity contribution in [2.24, 2.45) is 7.05 Å². The first-order valence-electron chi connectivity index (χ1n) is 2.79. The summed E-state index contributed by atoms with van der Waals surface area (Å²) < 4.78 is 1.89. The molecule has 0 bridgehead atoms. The minimum atomic E-state index is 0.722. The third-order valence-electron chi connectivity index (χ3n) is 0.637. The number of imidazole rings is 1. The van der Waals surface area contributed by atoms with Crippen LogP contribution >= 0.6 is 11.6 Å². The normalized spacial score (nSPS) is 7.89. The molecule has 0 aromatic carbocycles. The fourth-order valence-corrected chi connectivity index (χ4v) is 0.326. The number of nitrogens with zero attached hydrogens (tertiary/aromatic N) is 2. The Morgan fingerprint density at radius 2 is 2.22 bits per heavy atom. The highest BCUT2D eigenvalue weighted by Crippen LogP contribution is 1.73. The van der Waals surface area contributed by atoms with Gasteiger partial charge in [0.1, 0.15) is 0 Å². The average molecular weight is 147 g/mol. The van der Waals surface area contributed by atoms with Crippen LogP contribution in [0.15, 0.2) is 18.7 Å². The summed E-state index contributed by atoms with van der Waals surface area (Å²) in [5.74, 6) is 0.722. The van der Waals surface area contributed by atoms with Gasteiger partial charge >= 0.3 is 0 Å². The lowest BCUT2D eigenvalue weighted by atomic mass is 10.9. The van der Waals surface area contributed by atoms with Crippen molar-refractivity contribution in [2.45, 2.75) is 6.92 Å². The van der Waals surface area contributed by atoms with Crippen molar-refractivity contribution in [3.05, 3.63) is 18.7 Å². The van der Waals surface area contributed by atoms with Crippen LogP contribution in [0.2, 0.25) is 0 Å². The Balaban J connectivity index is 0.000000187. The van der Waals surface area contributed by atoms with Crippen LogP contribution < -0.4 is 0 Å². The van der Waals surface area contributed by atoms with Gasteiger partial charge in [-0.2, -0.15) is 0 Å². The molecule has 0 fully saturated rings. The van der Waals surface area contributed by atoms with E-state index in [9.17, 15) is 0 Å². The molecule has 0 spiro atoms. The average Bonchev–Trinajstić information content (AvgIpc) is 2.20. The molecule has 0 N–H and O–H groups in total. The second-order valence-corrected chi connectivity index (χ2v) is 2.03. The van der Waals surface area contributed by atoms with E-state index in [-0.39, 0.29) is 0 Å². The number of aromatic nitrogens is 2. The maximum atomic E-state index is 5.00. The molecule has 1 aromatic rings. The first-order chi connectivity index (χ1) is 4.31. The zero-order chi connectivity index (χ0) is 7.11. The number of hydrogen-bond donors (Lipinski definition) is 0. The van der Waals surface area contributed by atoms with Crippen molar-refractivity contribution in [1.82, 2.24) is 9.55 Å². The van der Waals surface area contributed by atoms with E-state index in [0.29, 0.717) is 0 Å². The van der Waals surface area contributed by atoms with Crippen LogP contribution in [-0.2, 0) is 7.05 Å². The van der Waals surface area contributed by atoms with Crippen LogP contribution in [0.3, 0.4) is 0 Å². The molecule has 52 valence electrons. The van der Waals surface area contributed by atoms with Crippen molar-refractivity contribution < 1.29 is 0 Å². The SMILES string of the molecule is CCCl.Cn1ccnc1. The smallest absolute Gasteiger partial charge is 0.0943 e. The van der Waals surface area contributed by atoms with E-state index in [1.807, 2.05) is 24.7 Å². The molecule has 0 amide bonds. The summed E-state index contributed by atoms with van der Waals surface area (Å²) in [5.41, 5.74) is 0.